The molecule has 1 heterocycles. The van der Waals surface area contributed by atoms with Crippen LogP contribution in [0.15, 0.2) is 24.3 Å². The van der Waals surface area contributed by atoms with Crippen molar-refractivity contribution in [3.05, 3.63) is 24.3 Å². The third-order valence-corrected chi connectivity index (χ3v) is 5.89. The van der Waals surface area contributed by atoms with E-state index in [1.807, 2.05) is 24.3 Å². The molecule has 0 bridgehead atoms. The molecule has 1 fully saturated rings. The molecule has 1 N–H and O–H groups in total. The number of amides is 1. The lowest BCUT2D eigenvalue weighted by Crippen LogP contribution is -2.43. The Balaban J connectivity index is 1.92. The Bertz CT molecular complexity index is 614. The number of likely N-dealkylation sites (N-methyl/N-ethyl adjacent to an activating group) is 1. The maximum absolute atomic E-state index is 12.7. The van der Waals surface area contributed by atoms with E-state index in [0.717, 1.165) is 57.9 Å². The first-order valence-corrected chi connectivity index (χ1v) is 12.3. The number of anilines is 1. The highest BCUT2D eigenvalue weighted by Gasteiger charge is 2.21. The van der Waals surface area contributed by atoms with Gasteiger partial charge in [-0.2, -0.15) is 0 Å². The lowest BCUT2D eigenvalue weighted by Gasteiger charge is -2.30. The Labute approximate surface area is 189 Å². The van der Waals surface area contributed by atoms with Gasteiger partial charge < -0.3 is 14.4 Å². The zero-order chi connectivity index (χ0) is 22.3. The van der Waals surface area contributed by atoms with Gasteiger partial charge in [0.15, 0.2) is 0 Å². The summed E-state index contributed by atoms with van der Waals surface area (Å²) in [5.41, 5.74) is 0.703. The molecule has 0 aromatic heterocycles. The predicted molar refractivity (Wildman–Crippen MR) is 128 cm³/mol. The van der Waals surface area contributed by atoms with E-state index in [1.165, 1.54) is 32.1 Å². The third kappa shape index (κ3) is 10.4. The number of nitrogens with one attached hydrogen (secondary N) is 1. The van der Waals surface area contributed by atoms with Crippen LogP contribution in [-0.2, 0) is 4.74 Å². The normalized spacial score (nSPS) is 16.0. The third-order valence-electron chi connectivity index (χ3n) is 5.89. The SMILES string of the molecule is CCCCCOc1cccc(NC(=O)OC(CN(CC)CC)CN2CCCCCC2)c1. The average molecular weight is 434 g/mol. The number of hydrogen-bond acceptors (Lipinski definition) is 5. The maximum atomic E-state index is 12.7. The Morgan fingerprint density at radius 3 is 2.52 bits per heavy atom. The van der Waals surface area contributed by atoms with E-state index < -0.39 is 6.09 Å². The van der Waals surface area contributed by atoms with Gasteiger partial charge in [-0.25, -0.2) is 4.79 Å². The molecule has 1 aromatic carbocycles. The highest BCUT2D eigenvalue weighted by Crippen LogP contribution is 2.18. The van der Waals surface area contributed by atoms with Crippen molar-refractivity contribution < 1.29 is 14.3 Å². The second-order valence-corrected chi connectivity index (χ2v) is 8.44. The van der Waals surface area contributed by atoms with Crippen molar-refractivity contribution in [2.24, 2.45) is 0 Å². The minimum Gasteiger partial charge on any atom is -0.494 e. The first-order chi connectivity index (χ1) is 15.1. The van der Waals surface area contributed by atoms with Crippen LogP contribution in [-0.4, -0.2) is 67.9 Å². The van der Waals surface area contributed by atoms with E-state index in [-0.39, 0.29) is 6.10 Å². The van der Waals surface area contributed by atoms with Crippen molar-refractivity contribution in [3.63, 3.8) is 0 Å². The summed E-state index contributed by atoms with van der Waals surface area (Å²) in [6, 6.07) is 7.55. The molecule has 1 saturated heterocycles. The summed E-state index contributed by atoms with van der Waals surface area (Å²) in [6.07, 6.45) is 7.90. The van der Waals surface area contributed by atoms with E-state index in [9.17, 15) is 4.79 Å². The fourth-order valence-corrected chi connectivity index (χ4v) is 4.01. The van der Waals surface area contributed by atoms with Gasteiger partial charge >= 0.3 is 6.09 Å². The number of nitrogens with zero attached hydrogens (tertiary/aromatic N) is 2. The van der Waals surface area contributed by atoms with Crippen LogP contribution in [0.4, 0.5) is 10.5 Å². The van der Waals surface area contributed by atoms with Gasteiger partial charge in [-0.3, -0.25) is 10.2 Å². The smallest absolute Gasteiger partial charge is 0.411 e. The van der Waals surface area contributed by atoms with E-state index in [4.69, 9.17) is 9.47 Å². The quantitative estimate of drug-likeness (QED) is 0.423. The fraction of sp³-hybridized carbons (Fsp3) is 0.720. The van der Waals surface area contributed by atoms with Gasteiger partial charge in [0.25, 0.3) is 0 Å². The summed E-state index contributed by atoms with van der Waals surface area (Å²) in [5.74, 6) is 0.776. The van der Waals surface area contributed by atoms with Gasteiger partial charge in [-0.1, -0.05) is 52.5 Å². The van der Waals surface area contributed by atoms with Crippen LogP contribution in [0.1, 0.15) is 65.7 Å². The van der Waals surface area contributed by atoms with Crippen molar-refractivity contribution in [1.29, 1.82) is 0 Å². The minimum absolute atomic E-state index is 0.147. The van der Waals surface area contributed by atoms with Crippen molar-refractivity contribution >= 4 is 11.8 Å². The van der Waals surface area contributed by atoms with Gasteiger partial charge in [0.2, 0.25) is 0 Å². The summed E-state index contributed by atoms with van der Waals surface area (Å²) in [7, 11) is 0. The molecule has 6 nitrogen and oxygen atoms in total. The van der Waals surface area contributed by atoms with Gasteiger partial charge in [-0.05, 0) is 57.6 Å². The highest BCUT2D eigenvalue weighted by atomic mass is 16.6. The van der Waals surface area contributed by atoms with Crippen molar-refractivity contribution in [2.75, 3.05) is 51.2 Å². The topological polar surface area (TPSA) is 54.0 Å². The number of benzene rings is 1. The summed E-state index contributed by atoms with van der Waals surface area (Å²) >= 11 is 0. The molecule has 0 spiro atoms. The molecule has 1 atom stereocenters. The van der Waals surface area contributed by atoms with Crippen LogP contribution in [0.5, 0.6) is 5.75 Å². The Morgan fingerprint density at radius 1 is 1.10 bits per heavy atom. The van der Waals surface area contributed by atoms with Crippen LogP contribution >= 0.6 is 0 Å². The number of ether oxygens (including phenoxy) is 2. The Morgan fingerprint density at radius 2 is 1.84 bits per heavy atom. The predicted octanol–water partition coefficient (Wildman–Crippen LogP) is 5.39. The Hall–Kier alpha value is -1.79. The molecule has 176 valence electrons. The number of likely N-dealkylation sites (tertiary alicyclic amines) is 1. The molecule has 0 saturated carbocycles. The second kappa shape index (κ2) is 15.1. The fourth-order valence-electron chi connectivity index (χ4n) is 4.01. The lowest BCUT2D eigenvalue weighted by atomic mass is 10.2. The monoisotopic (exact) mass is 433 g/mol. The number of carbonyl (C=O) groups is 1. The number of rotatable bonds is 13. The number of hydrogen-bond donors (Lipinski definition) is 1. The molecule has 1 aromatic rings. The van der Waals surface area contributed by atoms with Crippen molar-refractivity contribution in [3.8, 4) is 5.75 Å². The summed E-state index contributed by atoms with van der Waals surface area (Å²) in [4.78, 5) is 17.5. The highest BCUT2D eigenvalue weighted by molar-refractivity contribution is 5.85. The van der Waals surface area contributed by atoms with Crippen molar-refractivity contribution in [1.82, 2.24) is 9.80 Å². The van der Waals surface area contributed by atoms with E-state index in [2.05, 4.69) is 35.9 Å². The van der Waals surface area contributed by atoms with E-state index in [1.54, 1.807) is 0 Å². The summed E-state index contributed by atoms with van der Waals surface area (Å²) in [6.45, 7) is 12.8. The summed E-state index contributed by atoms with van der Waals surface area (Å²) in [5, 5.41) is 2.90. The van der Waals surface area contributed by atoms with E-state index >= 15 is 0 Å². The molecule has 1 aliphatic heterocycles. The van der Waals surface area contributed by atoms with E-state index in [0.29, 0.717) is 12.3 Å². The van der Waals surface area contributed by atoms with Gasteiger partial charge in [0.1, 0.15) is 11.9 Å². The van der Waals surface area contributed by atoms with Gasteiger partial charge in [-0.15, -0.1) is 0 Å². The van der Waals surface area contributed by atoms with Gasteiger partial charge in [0.05, 0.1) is 6.61 Å². The number of carbonyl (C=O) groups excluding carboxylic acids is 1. The van der Waals surface area contributed by atoms with Gasteiger partial charge in [0, 0.05) is 24.8 Å². The minimum atomic E-state index is -0.393. The first-order valence-electron chi connectivity index (χ1n) is 12.3. The molecule has 31 heavy (non-hydrogen) atoms. The lowest BCUT2D eigenvalue weighted by molar-refractivity contribution is 0.0558. The zero-order valence-corrected chi connectivity index (χ0v) is 19.9. The number of unbranched alkanes of at least 4 members (excludes halogenated alkanes) is 2. The van der Waals surface area contributed by atoms with Crippen molar-refractivity contribution in [2.45, 2.75) is 71.8 Å². The van der Waals surface area contributed by atoms with Crippen LogP contribution in [0, 0.1) is 0 Å². The molecule has 1 unspecified atom stereocenters. The van der Waals surface area contributed by atoms with Crippen LogP contribution in [0.3, 0.4) is 0 Å². The van der Waals surface area contributed by atoms with Crippen LogP contribution in [0.2, 0.25) is 0 Å². The second-order valence-electron chi connectivity index (χ2n) is 8.44. The average Bonchev–Trinajstić information content (AvgIpc) is 3.04. The molecule has 1 amide bonds. The summed E-state index contributed by atoms with van der Waals surface area (Å²) < 4.78 is 11.7. The Kier molecular flexibility index (Phi) is 12.4. The zero-order valence-electron chi connectivity index (χ0n) is 19.9. The molecule has 0 aliphatic carbocycles. The van der Waals surface area contributed by atoms with Crippen LogP contribution < -0.4 is 10.1 Å². The molecule has 6 heteroatoms. The first kappa shape index (κ1) is 25.5. The molecule has 1 aliphatic rings. The van der Waals surface area contributed by atoms with Crippen LogP contribution in [0.25, 0.3) is 0 Å². The maximum Gasteiger partial charge on any atom is 0.411 e. The molecule has 2 rings (SSSR count). The molecular weight excluding hydrogens is 390 g/mol. The standard InChI is InChI=1S/C25H43N3O3/c1-4-7-12-18-30-23-15-13-14-22(19-23)26-25(29)31-24(20-27(5-2)6-3)21-28-16-10-8-9-11-17-28/h13-15,19,24H,4-12,16-18,20-21H2,1-3H3,(H,26,29). The molecule has 0 radical (unpaired) electrons. The molecular formula is C25H43N3O3. The largest absolute Gasteiger partial charge is 0.494 e.